The minimum atomic E-state index is -2.67. The highest BCUT2D eigenvalue weighted by Gasteiger charge is 2.57. The van der Waals surface area contributed by atoms with Crippen molar-refractivity contribution in [2.75, 3.05) is 13.1 Å². The van der Waals surface area contributed by atoms with Crippen LogP contribution in [0, 0.1) is 17.8 Å². The summed E-state index contributed by atoms with van der Waals surface area (Å²) < 4.78 is 26.1. The van der Waals surface area contributed by atoms with Gasteiger partial charge < -0.3 is 15.3 Å². The lowest BCUT2D eigenvalue weighted by Crippen LogP contribution is -2.50. The molecule has 0 spiro atoms. The van der Waals surface area contributed by atoms with E-state index in [2.05, 4.69) is 5.32 Å². The van der Waals surface area contributed by atoms with Crippen LogP contribution in [0.25, 0.3) is 0 Å². The summed E-state index contributed by atoms with van der Waals surface area (Å²) in [6.45, 7) is 0.115. The Morgan fingerprint density at radius 2 is 1.80 bits per heavy atom. The molecule has 1 saturated heterocycles. The van der Waals surface area contributed by atoms with E-state index in [1.807, 2.05) is 0 Å². The summed E-state index contributed by atoms with van der Waals surface area (Å²) in [6, 6.07) is -0.446. The summed E-state index contributed by atoms with van der Waals surface area (Å²) in [5.41, 5.74) is 0. The van der Waals surface area contributed by atoms with Gasteiger partial charge in [0.2, 0.25) is 0 Å². The van der Waals surface area contributed by atoms with E-state index in [-0.39, 0.29) is 55.8 Å². The number of fused-ring (bicyclic) bond motifs is 1. The van der Waals surface area contributed by atoms with Gasteiger partial charge >= 0.3 is 12.0 Å². The molecule has 4 atom stereocenters. The van der Waals surface area contributed by atoms with E-state index in [9.17, 15) is 18.4 Å². The summed E-state index contributed by atoms with van der Waals surface area (Å²) in [6.07, 6.45) is 0.712. The molecule has 5 nitrogen and oxygen atoms in total. The first-order chi connectivity index (χ1) is 9.37. The number of urea groups is 1. The molecule has 0 aromatic carbocycles. The number of piperidine rings is 1. The highest BCUT2D eigenvalue weighted by Crippen LogP contribution is 2.55. The van der Waals surface area contributed by atoms with Gasteiger partial charge in [-0.1, -0.05) is 0 Å². The molecule has 2 aliphatic carbocycles. The van der Waals surface area contributed by atoms with Gasteiger partial charge in [0.25, 0.3) is 5.92 Å². The fraction of sp³-hybridized carbons (Fsp3) is 0.846. The lowest BCUT2D eigenvalue weighted by atomic mass is 10.0. The molecule has 0 unspecified atom stereocenters. The normalized spacial score (nSPS) is 38.2. The zero-order chi connectivity index (χ0) is 14.5. The van der Waals surface area contributed by atoms with Crippen molar-refractivity contribution in [1.29, 1.82) is 0 Å². The number of halogens is 2. The Balaban J connectivity index is 1.52. The van der Waals surface area contributed by atoms with Gasteiger partial charge in [-0.05, 0) is 24.7 Å². The molecule has 7 heteroatoms. The number of alkyl halides is 2. The van der Waals surface area contributed by atoms with E-state index >= 15 is 0 Å². The Kier molecular flexibility index (Phi) is 3.10. The highest BCUT2D eigenvalue weighted by atomic mass is 19.3. The number of amides is 2. The maximum Gasteiger partial charge on any atom is 0.317 e. The molecule has 20 heavy (non-hydrogen) atoms. The number of carboxylic acids is 1. The van der Waals surface area contributed by atoms with Crippen molar-refractivity contribution in [3.05, 3.63) is 0 Å². The number of carbonyl (C=O) groups excluding carboxylic acids is 1. The van der Waals surface area contributed by atoms with Crippen molar-refractivity contribution in [3.63, 3.8) is 0 Å². The predicted molar refractivity (Wildman–Crippen MR) is 65.4 cm³/mol. The van der Waals surface area contributed by atoms with E-state index < -0.39 is 11.9 Å². The number of nitrogens with zero attached hydrogens (tertiary/aromatic N) is 1. The SMILES string of the molecule is O=C(O)[C@@H]1C[C@H](NC(=O)N2CCC(F)(F)CC2)[C@H]2C[C@H]21. The summed E-state index contributed by atoms with van der Waals surface area (Å²) in [5.74, 6) is -3.39. The number of carbonyl (C=O) groups is 2. The smallest absolute Gasteiger partial charge is 0.317 e. The van der Waals surface area contributed by atoms with Crippen molar-refractivity contribution in [3.8, 4) is 0 Å². The van der Waals surface area contributed by atoms with Gasteiger partial charge in [0.1, 0.15) is 0 Å². The Bertz CT molecular complexity index is 433. The van der Waals surface area contributed by atoms with Crippen LogP contribution in [-0.4, -0.2) is 47.1 Å². The third-order valence-corrected chi connectivity index (χ3v) is 4.84. The van der Waals surface area contributed by atoms with Gasteiger partial charge in [0.15, 0.2) is 0 Å². The molecular weight excluding hydrogens is 270 g/mol. The molecule has 2 amide bonds. The third-order valence-electron chi connectivity index (χ3n) is 4.84. The molecule has 0 bridgehead atoms. The fourth-order valence-corrected chi connectivity index (χ4v) is 3.52. The van der Waals surface area contributed by atoms with Crippen LogP contribution in [0.15, 0.2) is 0 Å². The van der Waals surface area contributed by atoms with Crippen molar-refractivity contribution >= 4 is 12.0 Å². The second-order valence-corrected chi connectivity index (χ2v) is 6.14. The molecule has 2 saturated carbocycles. The number of rotatable bonds is 2. The first-order valence-corrected chi connectivity index (χ1v) is 7.03. The van der Waals surface area contributed by atoms with Crippen LogP contribution < -0.4 is 5.32 Å². The lowest BCUT2D eigenvalue weighted by Gasteiger charge is -2.32. The zero-order valence-electron chi connectivity index (χ0n) is 11.0. The van der Waals surface area contributed by atoms with Crippen molar-refractivity contribution in [2.45, 2.75) is 37.6 Å². The quantitative estimate of drug-likeness (QED) is 0.809. The molecule has 1 aliphatic heterocycles. The maximum atomic E-state index is 13.0. The third kappa shape index (κ3) is 2.45. The Hall–Kier alpha value is -1.40. The second kappa shape index (κ2) is 4.56. The average molecular weight is 288 g/mol. The number of carboxylic acid groups (broad SMARTS) is 1. The fourth-order valence-electron chi connectivity index (χ4n) is 3.52. The van der Waals surface area contributed by atoms with Crippen molar-refractivity contribution in [2.24, 2.45) is 17.8 Å². The van der Waals surface area contributed by atoms with Gasteiger partial charge in [-0.25, -0.2) is 13.6 Å². The first-order valence-electron chi connectivity index (χ1n) is 7.03. The molecule has 3 aliphatic rings. The van der Waals surface area contributed by atoms with Crippen LogP contribution >= 0.6 is 0 Å². The number of likely N-dealkylation sites (tertiary alicyclic amines) is 1. The van der Waals surface area contributed by atoms with Crippen LogP contribution in [0.1, 0.15) is 25.7 Å². The highest BCUT2D eigenvalue weighted by molar-refractivity contribution is 5.76. The molecule has 1 heterocycles. The summed E-state index contributed by atoms with van der Waals surface area (Å²) in [4.78, 5) is 24.5. The predicted octanol–water partition coefficient (Wildman–Crippen LogP) is 1.54. The number of aliphatic carboxylic acids is 1. The molecule has 0 radical (unpaired) electrons. The van der Waals surface area contributed by atoms with Gasteiger partial charge in [0, 0.05) is 32.0 Å². The minimum absolute atomic E-state index is 0.0575. The Labute approximate surface area is 115 Å². The van der Waals surface area contributed by atoms with E-state index in [0.717, 1.165) is 6.42 Å². The van der Waals surface area contributed by atoms with E-state index in [1.165, 1.54) is 4.90 Å². The van der Waals surface area contributed by atoms with Crippen molar-refractivity contribution in [1.82, 2.24) is 10.2 Å². The summed E-state index contributed by atoms with van der Waals surface area (Å²) in [7, 11) is 0. The van der Waals surface area contributed by atoms with Crippen LogP contribution in [0.3, 0.4) is 0 Å². The van der Waals surface area contributed by atoms with Crippen LogP contribution in [0.2, 0.25) is 0 Å². The molecule has 2 N–H and O–H groups in total. The molecule has 3 rings (SSSR count). The van der Waals surface area contributed by atoms with Gasteiger partial charge in [0.05, 0.1) is 5.92 Å². The first kappa shape index (κ1) is 13.6. The monoisotopic (exact) mass is 288 g/mol. The topological polar surface area (TPSA) is 69.6 Å². The Morgan fingerprint density at radius 3 is 2.35 bits per heavy atom. The standard InChI is InChI=1S/C13H18F2N2O3/c14-13(15)1-3-17(4-2-13)12(20)16-10-6-9(11(18)19)7-5-8(7)10/h7-10H,1-6H2,(H,16,20)(H,18,19)/t7-,8+,9-,10+/m1/s1. The average Bonchev–Trinajstić information content (AvgIpc) is 3.07. The van der Waals surface area contributed by atoms with Gasteiger partial charge in [-0.3, -0.25) is 4.79 Å². The molecular formula is C13H18F2N2O3. The molecule has 112 valence electrons. The van der Waals surface area contributed by atoms with Gasteiger partial charge in [-0.2, -0.15) is 0 Å². The van der Waals surface area contributed by atoms with Gasteiger partial charge in [-0.15, -0.1) is 0 Å². The second-order valence-electron chi connectivity index (χ2n) is 6.14. The molecule has 3 fully saturated rings. The van der Waals surface area contributed by atoms with E-state index in [4.69, 9.17) is 5.11 Å². The molecule has 0 aromatic heterocycles. The number of nitrogens with one attached hydrogen (secondary N) is 1. The van der Waals surface area contributed by atoms with Crippen molar-refractivity contribution < 1.29 is 23.5 Å². The summed E-state index contributed by atoms with van der Waals surface area (Å²) in [5, 5.41) is 11.9. The maximum absolute atomic E-state index is 13.0. The Morgan fingerprint density at radius 1 is 1.15 bits per heavy atom. The van der Waals surface area contributed by atoms with E-state index in [0.29, 0.717) is 6.42 Å². The van der Waals surface area contributed by atoms with Crippen LogP contribution in [0.5, 0.6) is 0 Å². The number of hydrogen-bond donors (Lipinski definition) is 2. The van der Waals surface area contributed by atoms with Crippen LogP contribution in [0.4, 0.5) is 13.6 Å². The zero-order valence-corrected chi connectivity index (χ0v) is 11.0. The minimum Gasteiger partial charge on any atom is -0.481 e. The summed E-state index contributed by atoms with van der Waals surface area (Å²) >= 11 is 0. The van der Waals surface area contributed by atoms with Crippen LogP contribution in [-0.2, 0) is 4.79 Å². The largest absolute Gasteiger partial charge is 0.481 e. The lowest BCUT2D eigenvalue weighted by molar-refractivity contribution is -0.142. The molecule has 0 aromatic rings. The van der Waals surface area contributed by atoms with E-state index in [1.54, 1.807) is 0 Å². The number of hydrogen-bond acceptors (Lipinski definition) is 2.